The molecule has 10 heavy (non-hydrogen) atoms. The van der Waals surface area contributed by atoms with Crippen molar-refractivity contribution in [1.82, 2.24) is 0 Å². The number of hydrogen-bond acceptors (Lipinski definition) is 1. The summed E-state index contributed by atoms with van der Waals surface area (Å²) in [7, 11) is 0. The molecule has 1 rings (SSSR count). The first-order valence-corrected chi connectivity index (χ1v) is 3.61. The molecule has 0 amide bonds. The molecule has 2 N–H and O–H groups in total. The normalized spacial score (nSPS) is 9.90. The zero-order valence-electron chi connectivity index (χ0n) is 5.49. The first-order chi connectivity index (χ1) is 4.61. The van der Waals surface area contributed by atoms with E-state index in [1.165, 1.54) is 6.07 Å². The molecule has 0 bridgehead atoms. The molecule has 0 radical (unpaired) electrons. The summed E-state index contributed by atoms with van der Waals surface area (Å²) in [5, 5.41) is 0. The second-order valence-corrected chi connectivity index (χ2v) is 3.02. The summed E-state index contributed by atoms with van der Waals surface area (Å²) in [5.74, 6) is -0.271. The maximum Gasteiger partial charge on any atom is 0.129 e. The van der Waals surface area contributed by atoms with E-state index in [0.717, 1.165) is 0 Å². The lowest BCUT2D eigenvalue weighted by molar-refractivity contribution is 0.618. The van der Waals surface area contributed by atoms with Crippen molar-refractivity contribution in [2.45, 2.75) is 6.92 Å². The fourth-order valence-corrected chi connectivity index (χ4v) is 1.11. The van der Waals surface area contributed by atoms with Crippen LogP contribution in [0.3, 0.4) is 0 Å². The van der Waals surface area contributed by atoms with Gasteiger partial charge in [0.05, 0.1) is 0 Å². The number of benzene rings is 1. The molecule has 0 saturated heterocycles. The molecule has 1 aromatic rings. The van der Waals surface area contributed by atoms with Crippen molar-refractivity contribution in [2.75, 3.05) is 5.73 Å². The van der Waals surface area contributed by atoms with E-state index in [1.807, 2.05) is 0 Å². The number of nitrogens with two attached hydrogens (primary N) is 1. The van der Waals surface area contributed by atoms with E-state index in [0.29, 0.717) is 15.7 Å². The van der Waals surface area contributed by atoms with Crippen LogP contribution in [0.5, 0.6) is 0 Å². The van der Waals surface area contributed by atoms with Crippen LogP contribution in [0.15, 0.2) is 16.6 Å². The second-order valence-electron chi connectivity index (χ2n) is 2.10. The molecule has 0 aliphatic carbocycles. The lowest BCUT2D eigenvalue weighted by atomic mass is 10.2. The molecular weight excluding hydrogens is 197 g/mol. The summed E-state index contributed by atoms with van der Waals surface area (Å²) < 4.78 is 13.4. The molecule has 0 spiro atoms. The lowest BCUT2D eigenvalue weighted by Crippen LogP contribution is -1.92. The van der Waals surface area contributed by atoms with Crippen LogP contribution in [0.2, 0.25) is 0 Å². The maximum absolute atomic E-state index is 12.7. The average molecular weight is 204 g/mol. The Labute approximate surface area is 67.2 Å². The van der Waals surface area contributed by atoms with Gasteiger partial charge in [-0.25, -0.2) is 4.39 Å². The molecule has 1 aromatic carbocycles. The zero-order chi connectivity index (χ0) is 7.72. The third-order valence-electron chi connectivity index (χ3n) is 1.35. The van der Waals surface area contributed by atoms with E-state index < -0.39 is 0 Å². The minimum atomic E-state index is -0.271. The van der Waals surface area contributed by atoms with Crippen molar-refractivity contribution in [3.8, 4) is 0 Å². The van der Waals surface area contributed by atoms with E-state index in [2.05, 4.69) is 15.9 Å². The smallest absolute Gasteiger partial charge is 0.129 e. The molecule has 0 aromatic heterocycles. The molecule has 0 aliphatic heterocycles. The molecule has 1 nitrogen and oxygen atoms in total. The number of halogens is 2. The van der Waals surface area contributed by atoms with Crippen molar-refractivity contribution in [1.29, 1.82) is 0 Å². The van der Waals surface area contributed by atoms with Gasteiger partial charge in [0, 0.05) is 15.7 Å². The van der Waals surface area contributed by atoms with Gasteiger partial charge in [0.2, 0.25) is 0 Å². The van der Waals surface area contributed by atoms with Gasteiger partial charge in [-0.15, -0.1) is 0 Å². The third-order valence-corrected chi connectivity index (χ3v) is 1.81. The van der Waals surface area contributed by atoms with Crippen LogP contribution in [-0.2, 0) is 0 Å². The largest absolute Gasteiger partial charge is 0.398 e. The fourth-order valence-electron chi connectivity index (χ4n) is 0.666. The third kappa shape index (κ3) is 1.29. The van der Waals surface area contributed by atoms with Crippen LogP contribution in [0.25, 0.3) is 0 Å². The van der Waals surface area contributed by atoms with Crippen molar-refractivity contribution < 1.29 is 4.39 Å². The van der Waals surface area contributed by atoms with E-state index in [1.54, 1.807) is 13.0 Å². The van der Waals surface area contributed by atoms with Gasteiger partial charge in [0.15, 0.2) is 0 Å². The summed E-state index contributed by atoms with van der Waals surface area (Å²) in [4.78, 5) is 0. The van der Waals surface area contributed by atoms with Gasteiger partial charge in [-0.3, -0.25) is 0 Å². The van der Waals surface area contributed by atoms with E-state index in [4.69, 9.17) is 5.73 Å². The predicted octanol–water partition coefficient (Wildman–Crippen LogP) is 2.48. The SMILES string of the molecule is Cc1c(N)cc(Br)cc1F. The van der Waals surface area contributed by atoms with Crippen LogP contribution in [0.4, 0.5) is 10.1 Å². The van der Waals surface area contributed by atoms with Gasteiger partial charge in [-0.2, -0.15) is 0 Å². The molecule has 0 saturated carbocycles. The molecule has 0 heterocycles. The van der Waals surface area contributed by atoms with E-state index in [-0.39, 0.29) is 5.82 Å². The zero-order valence-corrected chi connectivity index (χ0v) is 7.07. The highest BCUT2D eigenvalue weighted by Gasteiger charge is 2.01. The van der Waals surface area contributed by atoms with E-state index >= 15 is 0 Å². The Morgan fingerprint density at radius 3 is 2.60 bits per heavy atom. The summed E-state index contributed by atoms with van der Waals surface area (Å²) in [6.07, 6.45) is 0. The summed E-state index contributed by atoms with van der Waals surface area (Å²) in [5.41, 5.74) is 6.43. The van der Waals surface area contributed by atoms with Crippen molar-refractivity contribution in [3.05, 3.63) is 28.0 Å². The van der Waals surface area contributed by atoms with Gasteiger partial charge in [-0.05, 0) is 19.1 Å². The molecule has 0 aliphatic rings. The fraction of sp³-hybridized carbons (Fsp3) is 0.143. The monoisotopic (exact) mass is 203 g/mol. The molecule has 0 fully saturated rings. The van der Waals surface area contributed by atoms with Gasteiger partial charge >= 0.3 is 0 Å². The maximum atomic E-state index is 12.7. The highest BCUT2D eigenvalue weighted by atomic mass is 79.9. The average Bonchev–Trinajstić information content (AvgIpc) is 1.82. The topological polar surface area (TPSA) is 26.0 Å². The number of hydrogen-bond donors (Lipinski definition) is 1. The van der Waals surface area contributed by atoms with Crippen LogP contribution in [0.1, 0.15) is 5.56 Å². The predicted molar refractivity (Wildman–Crippen MR) is 43.2 cm³/mol. The minimum Gasteiger partial charge on any atom is -0.398 e. The van der Waals surface area contributed by atoms with E-state index in [9.17, 15) is 4.39 Å². The standard InChI is InChI=1S/C7H7BrFN/c1-4-6(9)2-5(8)3-7(4)10/h2-3H,10H2,1H3. The Morgan fingerprint density at radius 2 is 2.10 bits per heavy atom. The first-order valence-electron chi connectivity index (χ1n) is 2.82. The molecule has 3 heteroatoms. The summed E-state index contributed by atoms with van der Waals surface area (Å²) in [6, 6.07) is 3.07. The highest BCUT2D eigenvalue weighted by Crippen LogP contribution is 2.20. The molecular formula is C7H7BrFN. The Morgan fingerprint density at radius 1 is 1.50 bits per heavy atom. The van der Waals surface area contributed by atoms with Gasteiger partial charge in [0.1, 0.15) is 5.82 Å². The van der Waals surface area contributed by atoms with Gasteiger partial charge in [-0.1, -0.05) is 15.9 Å². The number of rotatable bonds is 0. The van der Waals surface area contributed by atoms with Gasteiger partial charge < -0.3 is 5.73 Å². The highest BCUT2D eigenvalue weighted by molar-refractivity contribution is 9.10. The van der Waals surface area contributed by atoms with Crippen molar-refractivity contribution in [3.63, 3.8) is 0 Å². The molecule has 0 unspecified atom stereocenters. The summed E-state index contributed by atoms with van der Waals surface area (Å²) in [6.45, 7) is 1.65. The Hall–Kier alpha value is -0.570. The number of nitrogen functional groups attached to an aromatic ring is 1. The van der Waals surface area contributed by atoms with Crippen LogP contribution >= 0.6 is 15.9 Å². The second kappa shape index (κ2) is 2.58. The first kappa shape index (κ1) is 7.54. The minimum absolute atomic E-state index is 0.271. The lowest BCUT2D eigenvalue weighted by Gasteiger charge is -2.00. The Kier molecular flexibility index (Phi) is 1.94. The van der Waals surface area contributed by atoms with Crippen LogP contribution in [-0.4, -0.2) is 0 Å². The van der Waals surface area contributed by atoms with Gasteiger partial charge in [0.25, 0.3) is 0 Å². The van der Waals surface area contributed by atoms with Crippen molar-refractivity contribution in [2.24, 2.45) is 0 Å². The van der Waals surface area contributed by atoms with Crippen LogP contribution in [0, 0.1) is 12.7 Å². The van der Waals surface area contributed by atoms with Crippen molar-refractivity contribution >= 4 is 21.6 Å². The molecule has 54 valence electrons. The summed E-state index contributed by atoms with van der Waals surface area (Å²) >= 11 is 3.13. The number of anilines is 1. The Bertz CT molecular complexity index is 237. The quantitative estimate of drug-likeness (QED) is 0.645. The Balaban J connectivity index is 3.31. The molecule has 0 atom stereocenters. The van der Waals surface area contributed by atoms with Crippen LogP contribution < -0.4 is 5.73 Å².